The Morgan fingerprint density at radius 3 is 2.56 bits per heavy atom. The third kappa shape index (κ3) is 2.25. The van der Waals surface area contributed by atoms with E-state index < -0.39 is 0 Å². The molecule has 0 aliphatic carbocycles. The van der Waals surface area contributed by atoms with Crippen molar-refractivity contribution in [2.45, 2.75) is 26.2 Å². The third-order valence-electron chi connectivity index (χ3n) is 2.41. The van der Waals surface area contributed by atoms with Gasteiger partial charge in [0.2, 0.25) is 0 Å². The molecule has 0 bridgehead atoms. The molecule has 0 radical (unpaired) electrons. The normalized spacial score (nSPS) is 11.7. The van der Waals surface area contributed by atoms with Gasteiger partial charge in [-0.05, 0) is 12.1 Å². The summed E-state index contributed by atoms with van der Waals surface area (Å²) >= 11 is 1.67. The van der Waals surface area contributed by atoms with Gasteiger partial charge in [0.25, 0.3) is 0 Å². The first-order valence-corrected chi connectivity index (χ1v) is 6.17. The zero-order valence-electron chi connectivity index (χ0n) is 9.82. The van der Waals surface area contributed by atoms with Gasteiger partial charge >= 0.3 is 0 Å². The molecule has 0 fully saturated rings. The van der Waals surface area contributed by atoms with Crippen molar-refractivity contribution in [2.24, 2.45) is 0 Å². The SMILES string of the molecule is CC(C)(C)c1csc(-c2cccc(N)c2)n1. The van der Waals surface area contributed by atoms with Gasteiger partial charge in [0.15, 0.2) is 0 Å². The zero-order valence-corrected chi connectivity index (χ0v) is 10.6. The monoisotopic (exact) mass is 232 g/mol. The van der Waals surface area contributed by atoms with Crippen LogP contribution in [-0.4, -0.2) is 4.98 Å². The molecule has 1 heterocycles. The molecule has 3 heteroatoms. The second kappa shape index (κ2) is 3.91. The molecular formula is C13H16N2S. The van der Waals surface area contributed by atoms with Gasteiger partial charge in [-0.2, -0.15) is 0 Å². The van der Waals surface area contributed by atoms with Gasteiger partial charge in [-0.25, -0.2) is 4.98 Å². The predicted molar refractivity (Wildman–Crippen MR) is 70.7 cm³/mol. The fourth-order valence-corrected chi connectivity index (χ4v) is 2.47. The molecule has 0 saturated heterocycles. The highest BCUT2D eigenvalue weighted by Crippen LogP contribution is 2.30. The maximum atomic E-state index is 5.77. The van der Waals surface area contributed by atoms with Crippen LogP contribution in [0.3, 0.4) is 0 Å². The highest BCUT2D eigenvalue weighted by molar-refractivity contribution is 7.13. The van der Waals surface area contributed by atoms with E-state index in [1.54, 1.807) is 11.3 Å². The number of hydrogen-bond acceptors (Lipinski definition) is 3. The molecule has 2 aromatic rings. The van der Waals surface area contributed by atoms with Crippen molar-refractivity contribution < 1.29 is 0 Å². The van der Waals surface area contributed by atoms with Crippen molar-refractivity contribution in [2.75, 3.05) is 5.73 Å². The quantitative estimate of drug-likeness (QED) is 0.762. The Kier molecular flexibility index (Phi) is 2.72. The van der Waals surface area contributed by atoms with Crippen LogP contribution in [0.15, 0.2) is 29.6 Å². The molecule has 0 amide bonds. The van der Waals surface area contributed by atoms with Crippen molar-refractivity contribution in [1.82, 2.24) is 4.98 Å². The van der Waals surface area contributed by atoms with E-state index in [4.69, 9.17) is 5.73 Å². The van der Waals surface area contributed by atoms with Gasteiger partial charge in [-0.1, -0.05) is 32.9 Å². The minimum Gasteiger partial charge on any atom is -0.399 e. The first-order valence-electron chi connectivity index (χ1n) is 5.29. The van der Waals surface area contributed by atoms with Crippen molar-refractivity contribution in [3.05, 3.63) is 35.3 Å². The van der Waals surface area contributed by atoms with Crippen molar-refractivity contribution in [3.63, 3.8) is 0 Å². The van der Waals surface area contributed by atoms with Crippen LogP contribution in [0.1, 0.15) is 26.5 Å². The van der Waals surface area contributed by atoms with E-state index in [1.807, 2.05) is 24.3 Å². The van der Waals surface area contributed by atoms with Crippen LogP contribution in [0.5, 0.6) is 0 Å². The summed E-state index contributed by atoms with van der Waals surface area (Å²) in [6.07, 6.45) is 0. The largest absolute Gasteiger partial charge is 0.399 e. The smallest absolute Gasteiger partial charge is 0.123 e. The van der Waals surface area contributed by atoms with E-state index in [2.05, 4.69) is 31.1 Å². The minimum absolute atomic E-state index is 0.106. The van der Waals surface area contributed by atoms with Gasteiger partial charge < -0.3 is 5.73 Å². The van der Waals surface area contributed by atoms with Gasteiger partial charge in [0.1, 0.15) is 5.01 Å². The number of thiazole rings is 1. The summed E-state index contributed by atoms with van der Waals surface area (Å²) < 4.78 is 0. The Morgan fingerprint density at radius 1 is 1.25 bits per heavy atom. The molecule has 2 rings (SSSR count). The summed E-state index contributed by atoms with van der Waals surface area (Å²) in [5.74, 6) is 0. The van der Waals surface area contributed by atoms with Gasteiger partial charge in [-0.15, -0.1) is 11.3 Å². The topological polar surface area (TPSA) is 38.9 Å². The molecule has 84 valence electrons. The standard InChI is InChI=1S/C13H16N2S/c1-13(2,3)11-8-16-12(15-11)9-5-4-6-10(14)7-9/h4-8H,14H2,1-3H3. The molecule has 0 unspecified atom stereocenters. The van der Waals surface area contributed by atoms with E-state index in [-0.39, 0.29) is 5.41 Å². The van der Waals surface area contributed by atoms with E-state index in [1.165, 1.54) is 0 Å². The summed E-state index contributed by atoms with van der Waals surface area (Å²) in [6.45, 7) is 6.52. The fraction of sp³-hybridized carbons (Fsp3) is 0.308. The van der Waals surface area contributed by atoms with Gasteiger partial charge in [0.05, 0.1) is 5.69 Å². The Labute approximate surface area is 100 Å². The Balaban J connectivity index is 2.39. The first kappa shape index (κ1) is 11.1. The van der Waals surface area contributed by atoms with Crippen molar-refractivity contribution in [3.8, 4) is 10.6 Å². The van der Waals surface area contributed by atoms with Crippen molar-refractivity contribution >= 4 is 17.0 Å². The summed E-state index contributed by atoms with van der Waals surface area (Å²) in [5.41, 5.74) is 8.89. The molecule has 16 heavy (non-hydrogen) atoms. The molecule has 0 saturated carbocycles. The minimum atomic E-state index is 0.106. The van der Waals surface area contributed by atoms with Crippen LogP contribution in [0.4, 0.5) is 5.69 Å². The highest BCUT2D eigenvalue weighted by atomic mass is 32.1. The lowest BCUT2D eigenvalue weighted by molar-refractivity contribution is 0.573. The third-order valence-corrected chi connectivity index (χ3v) is 3.30. The Bertz CT molecular complexity index is 495. The van der Waals surface area contributed by atoms with E-state index in [0.29, 0.717) is 0 Å². The summed E-state index contributed by atoms with van der Waals surface area (Å²) in [7, 11) is 0. The highest BCUT2D eigenvalue weighted by Gasteiger charge is 2.17. The number of nitrogen functional groups attached to an aromatic ring is 1. The lowest BCUT2D eigenvalue weighted by Gasteiger charge is -2.14. The van der Waals surface area contributed by atoms with E-state index in [0.717, 1.165) is 22.0 Å². The van der Waals surface area contributed by atoms with Crippen LogP contribution < -0.4 is 5.73 Å². The van der Waals surface area contributed by atoms with E-state index in [9.17, 15) is 0 Å². The van der Waals surface area contributed by atoms with Crippen LogP contribution in [0.25, 0.3) is 10.6 Å². The number of nitrogens with two attached hydrogens (primary N) is 1. The average molecular weight is 232 g/mol. The Hall–Kier alpha value is -1.35. The maximum absolute atomic E-state index is 5.77. The number of rotatable bonds is 1. The van der Waals surface area contributed by atoms with Gasteiger partial charge in [-0.3, -0.25) is 0 Å². The molecule has 0 aliphatic rings. The van der Waals surface area contributed by atoms with Gasteiger partial charge in [0, 0.05) is 22.0 Å². The first-order chi connectivity index (χ1) is 7.47. The lowest BCUT2D eigenvalue weighted by atomic mass is 9.93. The molecule has 0 aliphatic heterocycles. The van der Waals surface area contributed by atoms with Crippen LogP contribution in [-0.2, 0) is 5.41 Å². The lowest BCUT2D eigenvalue weighted by Crippen LogP contribution is -2.11. The molecule has 0 spiro atoms. The van der Waals surface area contributed by atoms with Crippen LogP contribution in [0.2, 0.25) is 0 Å². The van der Waals surface area contributed by atoms with Crippen LogP contribution in [0, 0.1) is 0 Å². The molecule has 2 nitrogen and oxygen atoms in total. The predicted octanol–water partition coefficient (Wildman–Crippen LogP) is 3.69. The molecule has 1 aromatic carbocycles. The number of hydrogen-bond donors (Lipinski definition) is 1. The Morgan fingerprint density at radius 2 is 2.00 bits per heavy atom. The summed E-state index contributed by atoms with van der Waals surface area (Å²) in [5, 5.41) is 3.16. The number of anilines is 1. The molecule has 0 atom stereocenters. The number of benzene rings is 1. The second-order valence-corrected chi connectivity index (χ2v) is 5.77. The van der Waals surface area contributed by atoms with Crippen LogP contribution >= 0.6 is 11.3 Å². The molecule has 2 N–H and O–H groups in total. The maximum Gasteiger partial charge on any atom is 0.123 e. The zero-order chi connectivity index (χ0) is 11.8. The summed E-state index contributed by atoms with van der Waals surface area (Å²) in [6, 6.07) is 7.86. The molecular weight excluding hydrogens is 216 g/mol. The number of aromatic nitrogens is 1. The van der Waals surface area contributed by atoms with E-state index >= 15 is 0 Å². The number of nitrogens with zero attached hydrogens (tertiary/aromatic N) is 1. The fourth-order valence-electron chi connectivity index (χ4n) is 1.42. The average Bonchev–Trinajstić information content (AvgIpc) is 2.65. The van der Waals surface area contributed by atoms with Crippen molar-refractivity contribution in [1.29, 1.82) is 0 Å². The second-order valence-electron chi connectivity index (χ2n) is 4.91. The summed E-state index contributed by atoms with van der Waals surface area (Å²) in [4.78, 5) is 4.66. The molecule has 1 aromatic heterocycles.